The van der Waals surface area contributed by atoms with Gasteiger partial charge in [-0.2, -0.15) is 5.10 Å². The average molecular weight is 354 g/mol. The molecule has 0 saturated carbocycles. The van der Waals surface area contributed by atoms with Gasteiger partial charge in [-0.25, -0.2) is 4.39 Å². The van der Waals surface area contributed by atoms with Crippen molar-refractivity contribution in [1.29, 1.82) is 0 Å². The highest BCUT2D eigenvalue weighted by molar-refractivity contribution is 9.10. The molecular formula is C16H21BrFN3. The number of aromatic nitrogens is 2. The van der Waals surface area contributed by atoms with Crippen LogP contribution >= 0.6 is 15.9 Å². The smallest absolute Gasteiger partial charge is 0.123 e. The van der Waals surface area contributed by atoms with Crippen molar-refractivity contribution < 1.29 is 4.39 Å². The van der Waals surface area contributed by atoms with Gasteiger partial charge in [-0.15, -0.1) is 0 Å². The Hall–Kier alpha value is -1.20. The summed E-state index contributed by atoms with van der Waals surface area (Å²) in [6.07, 6.45) is 1.88. The van der Waals surface area contributed by atoms with Gasteiger partial charge in [0.25, 0.3) is 0 Å². The summed E-state index contributed by atoms with van der Waals surface area (Å²) < 4.78 is 16.1. The summed E-state index contributed by atoms with van der Waals surface area (Å²) in [5.41, 5.74) is 3.19. The first-order valence-corrected chi connectivity index (χ1v) is 7.92. The summed E-state index contributed by atoms with van der Waals surface area (Å²) in [5, 5.41) is 7.83. The molecule has 1 heterocycles. The lowest BCUT2D eigenvalue weighted by atomic mass is 10.2. The number of hydrogen-bond donors (Lipinski definition) is 1. The van der Waals surface area contributed by atoms with Crippen molar-refractivity contribution in [3.8, 4) is 0 Å². The number of rotatable bonds is 6. The Kier molecular flexibility index (Phi) is 5.53. The van der Waals surface area contributed by atoms with E-state index in [9.17, 15) is 4.39 Å². The third-order valence-electron chi connectivity index (χ3n) is 3.40. The molecule has 0 bridgehead atoms. The zero-order valence-electron chi connectivity index (χ0n) is 12.7. The third kappa shape index (κ3) is 4.38. The minimum absolute atomic E-state index is 0.225. The van der Waals surface area contributed by atoms with Gasteiger partial charge in [-0.3, -0.25) is 4.68 Å². The molecule has 1 aromatic carbocycles. The van der Waals surface area contributed by atoms with Crippen molar-refractivity contribution >= 4 is 15.9 Å². The van der Waals surface area contributed by atoms with Crippen molar-refractivity contribution in [2.24, 2.45) is 5.92 Å². The van der Waals surface area contributed by atoms with Gasteiger partial charge in [0.2, 0.25) is 0 Å². The van der Waals surface area contributed by atoms with E-state index >= 15 is 0 Å². The van der Waals surface area contributed by atoms with E-state index in [1.54, 1.807) is 12.1 Å². The fourth-order valence-electron chi connectivity index (χ4n) is 2.14. The van der Waals surface area contributed by atoms with Gasteiger partial charge in [-0.1, -0.05) is 29.8 Å². The lowest BCUT2D eigenvalue weighted by Crippen LogP contribution is -2.19. The molecule has 1 N–H and O–H groups in total. The van der Waals surface area contributed by atoms with Crippen molar-refractivity contribution in [3.05, 3.63) is 51.5 Å². The summed E-state index contributed by atoms with van der Waals surface area (Å²) in [6.45, 7) is 8.78. The first kappa shape index (κ1) is 16.2. The van der Waals surface area contributed by atoms with E-state index in [0.29, 0.717) is 12.5 Å². The van der Waals surface area contributed by atoms with E-state index in [4.69, 9.17) is 0 Å². The predicted octanol–water partition coefficient (Wildman–Crippen LogP) is 3.89. The SMILES string of the molecule is Cc1c(CNCC(C)C)cnn1Cc1cc(F)ccc1Br. The number of benzene rings is 1. The molecule has 0 aliphatic rings. The van der Waals surface area contributed by atoms with Gasteiger partial charge in [-0.05, 0) is 43.1 Å². The number of halogens is 2. The minimum Gasteiger partial charge on any atom is -0.312 e. The summed E-state index contributed by atoms with van der Waals surface area (Å²) in [6, 6.07) is 4.72. The third-order valence-corrected chi connectivity index (χ3v) is 4.17. The van der Waals surface area contributed by atoms with Crippen LogP contribution in [0.25, 0.3) is 0 Å². The maximum absolute atomic E-state index is 13.3. The van der Waals surface area contributed by atoms with Crippen LogP contribution in [-0.2, 0) is 13.1 Å². The Labute approximate surface area is 133 Å². The van der Waals surface area contributed by atoms with Crippen LogP contribution in [0.5, 0.6) is 0 Å². The minimum atomic E-state index is -0.225. The van der Waals surface area contributed by atoms with Gasteiger partial charge in [0.15, 0.2) is 0 Å². The molecule has 21 heavy (non-hydrogen) atoms. The molecule has 2 rings (SSSR count). The van der Waals surface area contributed by atoms with Crippen LogP contribution < -0.4 is 5.32 Å². The van der Waals surface area contributed by atoms with Crippen LogP contribution in [0.1, 0.15) is 30.7 Å². The molecular weight excluding hydrogens is 333 g/mol. The molecule has 0 spiro atoms. The molecule has 1 aromatic heterocycles. The molecule has 0 saturated heterocycles. The highest BCUT2D eigenvalue weighted by Crippen LogP contribution is 2.20. The summed E-state index contributed by atoms with van der Waals surface area (Å²) >= 11 is 3.46. The van der Waals surface area contributed by atoms with E-state index in [1.807, 2.05) is 17.8 Å². The van der Waals surface area contributed by atoms with Crippen molar-refractivity contribution in [1.82, 2.24) is 15.1 Å². The van der Waals surface area contributed by atoms with Crippen LogP contribution in [0.3, 0.4) is 0 Å². The zero-order valence-corrected chi connectivity index (χ0v) is 14.2. The van der Waals surface area contributed by atoms with E-state index in [-0.39, 0.29) is 5.82 Å². The lowest BCUT2D eigenvalue weighted by Gasteiger charge is -2.09. The molecule has 2 aromatic rings. The number of hydrogen-bond acceptors (Lipinski definition) is 2. The van der Waals surface area contributed by atoms with Crippen LogP contribution in [-0.4, -0.2) is 16.3 Å². The van der Waals surface area contributed by atoms with Crippen LogP contribution in [0.4, 0.5) is 4.39 Å². The first-order chi connectivity index (χ1) is 9.97. The first-order valence-electron chi connectivity index (χ1n) is 7.13. The summed E-state index contributed by atoms with van der Waals surface area (Å²) in [7, 11) is 0. The van der Waals surface area contributed by atoms with Crippen molar-refractivity contribution in [2.75, 3.05) is 6.54 Å². The monoisotopic (exact) mass is 353 g/mol. The summed E-state index contributed by atoms with van der Waals surface area (Å²) in [4.78, 5) is 0. The maximum Gasteiger partial charge on any atom is 0.123 e. The van der Waals surface area contributed by atoms with Gasteiger partial charge >= 0.3 is 0 Å². The second kappa shape index (κ2) is 7.18. The molecule has 0 aliphatic carbocycles. The predicted molar refractivity (Wildman–Crippen MR) is 86.7 cm³/mol. The average Bonchev–Trinajstić information content (AvgIpc) is 2.75. The molecule has 0 atom stereocenters. The lowest BCUT2D eigenvalue weighted by molar-refractivity contribution is 0.550. The molecule has 0 fully saturated rings. The standard InChI is InChI=1S/C16H21BrFN3/c1-11(2)7-19-8-14-9-20-21(12(14)3)10-13-6-15(18)4-5-16(13)17/h4-6,9,11,19H,7-8,10H2,1-3H3. The van der Waals surface area contributed by atoms with Gasteiger partial charge in [0.05, 0.1) is 12.7 Å². The zero-order chi connectivity index (χ0) is 15.4. The van der Waals surface area contributed by atoms with Crippen molar-refractivity contribution in [3.63, 3.8) is 0 Å². The topological polar surface area (TPSA) is 29.9 Å². The molecule has 0 radical (unpaired) electrons. The second-order valence-corrected chi connectivity index (χ2v) is 6.53. The van der Waals surface area contributed by atoms with Gasteiger partial charge in [0, 0.05) is 22.3 Å². The summed E-state index contributed by atoms with van der Waals surface area (Å²) in [5.74, 6) is 0.403. The Morgan fingerprint density at radius 3 is 2.81 bits per heavy atom. The van der Waals surface area contributed by atoms with Crippen LogP contribution in [0.2, 0.25) is 0 Å². The van der Waals surface area contributed by atoms with Crippen LogP contribution in [0, 0.1) is 18.7 Å². The molecule has 114 valence electrons. The largest absolute Gasteiger partial charge is 0.312 e. The van der Waals surface area contributed by atoms with Gasteiger partial charge < -0.3 is 5.32 Å². The normalized spacial score (nSPS) is 11.3. The Morgan fingerprint density at radius 1 is 1.33 bits per heavy atom. The molecule has 3 nitrogen and oxygen atoms in total. The Bertz CT molecular complexity index is 608. The van der Waals surface area contributed by atoms with E-state index < -0.39 is 0 Å². The van der Waals surface area contributed by atoms with Gasteiger partial charge in [0.1, 0.15) is 5.82 Å². The number of nitrogens with zero attached hydrogens (tertiary/aromatic N) is 2. The number of nitrogens with one attached hydrogen (secondary N) is 1. The maximum atomic E-state index is 13.3. The van der Waals surface area contributed by atoms with E-state index in [1.165, 1.54) is 11.6 Å². The highest BCUT2D eigenvalue weighted by Gasteiger charge is 2.09. The molecule has 0 unspecified atom stereocenters. The quantitative estimate of drug-likeness (QED) is 0.853. The van der Waals surface area contributed by atoms with Crippen molar-refractivity contribution in [2.45, 2.75) is 33.9 Å². The molecule has 5 heteroatoms. The Balaban J connectivity index is 2.08. The second-order valence-electron chi connectivity index (χ2n) is 5.67. The molecule has 0 amide bonds. The van der Waals surface area contributed by atoms with E-state index in [2.05, 4.69) is 40.2 Å². The molecule has 0 aliphatic heterocycles. The Morgan fingerprint density at radius 2 is 2.10 bits per heavy atom. The van der Waals surface area contributed by atoms with E-state index in [0.717, 1.165) is 28.8 Å². The highest BCUT2D eigenvalue weighted by atomic mass is 79.9. The fraction of sp³-hybridized carbons (Fsp3) is 0.438. The fourth-order valence-corrected chi connectivity index (χ4v) is 2.51. The van der Waals surface area contributed by atoms with Crippen LogP contribution in [0.15, 0.2) is 28.9 Å².